The van der Waals surface area contributed by atoms with Crippen molar-refractivity contribution in [1.82, 2.24) is 9.97 Å². The number of nitrogens with zero attached hydrogens (tertiary/aromatic N) is 2. The fraction of sp³-hybridized carbons (Fsp3) is 0.0385. The van der Waals surface area contributed by atoms with E-state index < -0.39 is 0 Å². The molecule has 0 aliphatic rings. The minimum Gasteiger partial charge on any atom is -0.321 e. The van der Waals surface area contributed by atoms with Gasteiger partial charge in [0.1, 0.15) is 20.7 Å². The van der Waals surface area contributed by atoms with E-state index in [1.165, 1.54) is 23.5 Å². The molecular formula is C26H18FN3OS2. The number of hydrogen-bond donors (Lipinski definition) is 1. The van der Waals surface area contributed by atoms with Gasteiger partial charge in [-0.1, -0.05) is 42.5 Å². The summed E-state index contributed by atoms with van der Waals surface area (Å²) >= 11 is 2.90. The van der Waals surface area contributed by atoms with Gasteiger partial charge in [-0.3, -0.25) is 4.79 Å². The molecule has 3 aromatic carbocycles. The molecule has 0 fully saturated rings. The highest BCUT2D eigenvalue weighted by atomic mass is 32.1. The summed E-state index contributed by atoms with van der Waals surface area (Å²) in [6.45, 7) is 1.80. The third-order valence-electron chi connectivity index (χ3n) is 5.06. The average Bonchev–Trinajstić information content (AvgIpc) is 3.48. The van der Waals surface area contributed by atoms with Crippen molar-refractivity contribution >= 4 is 34.3 Å². The topological polar surface area (TPSA) is 54.9 Å². The molecule has 5 aromatic rings. The van der Waals surface area contributed by atoms with Crippen LogP contribution in [0.2, 0.25) is 0 Å². The number of carbonyl (C=O) groups excluding carboxylic acids is 1. The standard InChI is InChI=1S/C26H18FN3OS2/c1-16-23(33-26(28-16)19-7-11-20(27)12-8-19)24(31)29-21-13-9-17(10-14-21)22-15-32-25(30-22)18-5-3-2-4-6-18/h2-15H,1H3,(H,29,31). The second-order valence-corrected chi connectivity index (χ2v) is 9.23. The molecule has 0 saturated carbocycles. The van der Waals surface area contributed by atoms with Gasteiger partial charge in [-0.05, 0) is 43.3 Å². The van der Waals surface area contributed by atoms with E-state index in [9.17, 15) is 9.18 Å². The fourth-order valence-corrected chi connectivity index (χ4v) is 5.16. The number of aromatic nitrogens is 2. The van der Waals surface area contributed by atoms with Crippen molar-refractivity contribution in [2.75, 3.05) is 5.32 Å². The largest absolute Gasteiger partial charge is 0.321 e. The van der Waals surface area contributed by atoms with Crippen LogP contribution in [0.15, 0.2) is 84.2 Å². The van der Waals surface area contributed by atoms with E-state index in [0.717, 1.165) is 27.4 Å². The van der Waals surface area contributed by atoms with E-state index in [2.05, 4.69) is 10.3 Å². The van der Waals surface area contributed by atoms with Crippen molar-refractivity contribution in [3.05, 3.63) is 101 Å². The van der Waals surface area contributed by atoms with Gasteiger partial charge in [0.15, 0.2) is 0 Å². The number of nitrogens with one attached hydrogen (secondary N) is 1. The van der Waals surface area contributed by atoms with Gasteiger partial charge in [0, 0.05) is 27.8 Å². The Bertz CT molecular complexity index is 1410. The van der Waals surface area contributed by atoms with Crippen LogP contribution in [-0.2, 0) is 0 Å². The number of amides is 1. The minimum atomic E-state index is -0.303. The molecule has 1 N–H and O–H groups in total. The zero-order chi connectivity index (χ0) is 22.8. The summed E-state index contributed by atoms with van der Waals surface area (Å²) in [5.41, 5.74) is 5.10. The first-order chi connectivity index (χ1) is 16.1. The SMILES string of the molecule is Cc1nc(-c2ccc(F)cc2)sc1C(=O)Nc1ccc(-c2csc(-c3ccccc3)n2)cc1. The summed E-state index contributed by atoms with van der Waals surface area (Å²) in [7, 11) is 0. The van der Waals surface area contributed by atoms with Gasteiger partial charge in [-0.2, -0.15) is 0 Å². The predicted molar refractivity (Wildman–Crippen MR) is 133 cm³/mol. The molecule has 0 unspecified atom stereocenters. The van der Waals surface area contributed by atoms with Crippen LogP contribution in [0.3, 0.4) is 0 Å². The van der Waals surface area contributed by atoms with Gasteiger partial charge in [0.05, 0.1) is 11.4 Å². The quantitative estimate of drug-likeness (QED) is 0.293. The molecule has 0 aliphatic heterocycles. The van der Waals surface area contributed by atoms with E-state index in [4.69, 9.17) is 4.98 Å². The van der Waals surface area contributed by atoms with E-state index >= 15 is 0 Å². The third-order valence-corrected chi connectivity index (χ3v) is 7.15. The number of carbonyl (C=O) groups is 1. The van der Waals surface area contributed by atoms with Gasteiger partial charge >= 0.3 is 0 Å². The van der Waals surface area contributed by atoms with E-state index in [0.29, 0.717) is 21.3 Å². The highest BCUT2D eigenvalue weighted by Crippen LogP contribution is 2.31. The zero-order valence-corrected chi connectivity index (χ0v) is 19.2. The summed E-state index contributed by atoms with van der Waals surface area (Å²) in [5.74, 6) is -0.520. The lowest BCUT2D eigenvalue weighted by molar-refractivity contribution is 0.103. The predicted octanol–water partition coefficient (Wildman–Crippen LogP) is 7.30. The Morgan fingerprint density at radius 1 is 0.818 bits per heavy atom. The van der Waals surface area contributed by atoms with Crippen LogP contribution in [0.4, 0.5) is 10.1 Å². The maximum Gasteiger partial charge on any atom is 0.267 e. The van der Waals surface area contributed by atoms with Crippen LogP contribution in [0.25, 0.3) is 32.4 Å². The first-order valence-corrected chi connectivity index (χ1v) is 11.9. The van der Waals surface area contributed by atoms with Gasteiger partial charge in [-0.15, -0.1) is 22.7 Å². The van der Waals surface area contributed by atoms with Crippen LogP contribution in [-0.4, -0.2) is 15.9 Å². The molecule has 0 bridgehead atoms. The summed E-state index contributed by atoms with van der Waals surface area (Å²) < 4.78 is 13.2. The molecule has 7 heteroatoms. The lowest BCUT2D eigenvalue weighted by Crippen LogP contribution is -2.11. The molecular weight excluding hydrogens is 453 g/mol. The molecule has 0 spiro atoms. The van der Waals surface area contributed by atoms with Gasteiger partial charge in [0.2, 0.25) is 0 Å². The molecule has 0 aliphatic carbocycles. The number of thiazole rings is 2. The normalized spacial score (nSPS) is 10.8. The van der Waals surface area contributed by atoms with Gasteiger partial charge < -0.3 is 5.32 Å². The van der Waals surface area contributed by atoms with Crippen molar-refractivity contribution in [2.45, 2.75) is 6.92 Å². The maximum absolute atomic E-state index is 13.2. The maximum atomic E-state index is 13.2. The first-order valence-electron chi connectivity index (χ1n) is 10.2. The Kier molecular flexibility index (Phi) is 5.81. The Balaban J connectivity index is 1.30. The lowest BCUT2D eigenvalue weighted by Gasteiger charge is -2.05. The van der Waals surface area contributed by atoms with E-state index in [-0.39, 0.29) is 11.7 Å². The lowest BCUT2D eigenvalue weighted by atomic mass is 10.1. The minimum absolute atomic E-state index is 0.217. The number of aryl methyl sites for hydroxylation is 1. The molecule has 1 amide bonds. The van der Waals surface area contributed by atoms with Crippen molar-refractivity contribution in [2.24, 2.45) is 0 Å². The van der Waals surface area contributed by atoms with Crippen LogP contribution in [0.5, 0.6) is 0 Å². The molecule has 0 atom stereocenters. The Morgan fingerprint density at radius 2 is 1.48 bits per heavy atom. The van der Waals surface area contributed by atoms with Crippen molar-refractivity contribution in [3.8, 4) is 32.4 Å². The molecule has 4 nitrogen and oxygen atoms in total. The monoisotopic (exact) mass is 471 g/mol. The average molecular weight is 472 g/mol. The summed E-state index contributed by atoms with van der Waals surface area (Å²) in [4.78, 5) is 22.6. The van der Waals surface area contributed by atoms with E-state index in [1.807, 2.05) is 60.0 Å². The van der Waals surface area contributed by atoms with Gasteiger partial charge in [0.25, 0.3) is 5.91 Å². The highest BCUT2D eigenvalue weighted by Gasteiger charge is 2.17. The number of hydrogen-bond acceptors (Lipinski definition) is 5. The Hall–Kier alpha value is -3.68. The summed E-state index contributed by atoms with van der Waals surface area (Å²) in [6.07, 6.45) is 0. The first kappa shape index (κ1) is 21.2. The van der Waals surface area contributed by atoms with Crippen LogP contribution < -0.4 is 5.32 Å². The second kappa shape index (κ2) is 9.05. The van der Waals surface area contributed by atoms with Crippen molar-refractivity contribution < 1.29 is 9.18 Å². The molecule has 0 saturated heterocycles. The van der Waals surface area contributed by atoms with Crippen LogP contribution in [0.1, 0.15) is 15.4 Å². The molecule has 162 valence electrons. The van der Waals surface area contributed by atoms with Crippen LogP contribution in [0, 0.1) is 12.7 Å². The smallest absolute Gasteiger partial charge is 0.267 e. The second-order valence-electron chi connectivity index (χ2n) is 7.38. The number of rotatable bonds is 5. The molecule has 33 heavy (non-hydrogen) atoms. The third kappa shape index (κ3) is 4.60. The summed E-state index contributed by atoms with van der Waals surface area (Å²) in [6, 6.07) is 23.8. The van der Waals surface area contributed by atoms with E-state index in [1.54, 1.807) is 30.4 Å². The number of benzene rings is 3. The highest BCUT2D eigenvalue weighted by molar-refractivity contribution is 7.17. The molecule has 2 aromatic heterocycles. The molecule has 2 heterocycles. The fourth-order valence-electron chi connectivity index (χ4n) is 3.35. The Labute approximate surface area is 198 Å². The zero-order valence-electron chi connectivity index (χ0n) is 17.6. The number of anilines is 1. The van der Waals surface area contributed by atoms with Gasteiger partial charge in [-0.25, -0.2) is 14.4 Å². The van der Waals surface area contributed by atoms with Crippen molar-refractivity contribution in [1.29, 1.82) is 0 Å². The Morgan fingerprint density at radius 3 is 2.21 bits per heavy atom. The van der Waals surface area contributed by atoms with Crippen molar-refractivity contribution in [3.63, 3.8) is 0 Å². The molecule has 5 rings (SSSR count). The molecule has 0 radical (unpaired) electrons. The number of halogens is 1. The summed E-state index contributed by atoms with van der Waals surface area (Å²) in [5, 5.41) is 6.63. The van der Waals surface area contributed by atoms with Crippen LogP contribution >= 0.6 is 22.7 Å².